The second-order valence-electron chi connectivity index (χ2n) is 13.7. The highest BCUT2D eigenvalue weighted by atomic mass is 79.9. The fraction of sp³-hybridized carbons (Fsp3) is 0.366. The summed E-state index contributed by atoms with van der Waals surface area (Å²) in [6.07, 6.45) is 0. The first-order valence-electron chi connectivity index (χ1n) is 17.6. The zero-order valence-electron chi connectivity index (χ0n) is 32.2. The van der Waals surface area contributed by atoms with Gasteiger partial charge in [-0.3, -0.25) is 0 Å². The SMILES string of the molecule is Br.COc1ccc(C(CNC(=O)N2Cc3ccc(OC)cc3C2)N(C)C)cc1.COc1ccc2c(c1)CN(C(=O)NCC(c1ccc(O)cc1)N(C)C)C2. The first kappa shape index (κ1) is 41.8. The number of phenolic OH excluding ortho intramolecular Hbond substituents is 1. The number of carbonyl (C=O) groups excluding carboxylic acids is 2. The van der Waals surface area contributed by atoms with Gasteiger partial charge in [0.15, 0.2) is 0 Å². The van der Waals surface area contributed by atoms with Crippen LogP contribution in [0.1, 0.15) is 45.5 Å². The van der Waals surface area contributed by atoms with Crippen molar-refractivity contribution in [3.63, 3.8) is 0 Å². The fourth-order valence-corrected chi connectivity index (χ4v) is 6.59. The summed E-state index contributed by atoms with van der Waals surface area (Å²) in [4.78, 5) is 33.1. The van der Waals surface area contributed by atoms with Crippen LogP contribution in [-0.2, 0) is 26.2 Å². The van der Waals surface area contributed by atoms with Crippen LogP contribution in [0.2, 0.25) is 0 Å². The zero-order valence-corrected chi connectivity index (χ0v) is 33.9. The number of nitrogens with zero attached hydrogens (tertiary/aromatic N) is 4. The number of hydrogen-bond acceptors (Lipinski definition) is 8. The van der Waals surface area contributed by atoms with Crippen molar-refractivity contribution < 1.29 is 28.9 Å². The molecule has 4 amide bonds. The van der Waals surface area contributed by atoms with Gasteiger partial charge in [-0.05, 0) is 110 Å². The Morgan fingerprint density at radius 3 is 1.31 bits per heavy atom. The molecule has 4 aromatic carbocycles. The standard InChI is InChI=1S/C21H27N3O3.C20H25N3O3.BrH/c1-23(2)20(15-5-8-18(26-3)9-6-15)12-22-21(25)24-13-16-7-10-19(27-4)11-17(16)14-24;1-22(2)19(14-4-7-17(24)8-5-14)11-21-20(25)23-12-15-6-9-18(26-3)10-16(15)13-23;/h5-11,20H,12-14H2,1-4H3,(H,22,25);4-10,19,24H,11-13H2,1-3H3,(H,21,25);1H. The van der Waals surface area contributed by atoms with Crippen molar-refractivity contribution in [1.29, 1.82) is 0 Å². The number of halogens is 1. The average Bonchev–Trinajstić information content (AvgIpc) is 3.80. The highest BCUT2D eigenvalue weighted by Crippen LogP contribution is 2.29. The molecule has 4 aromatic rings. The molecular weight excluding hydrogens is 752 g/mol. The first-order chi connectivity index (χ1) is 25.5. The molecule has 0 aromatic heterocycles. The summed E-state index contributed by atoms with van der Waals surface area (Å²) < 4.78 is 15.8. The van der Waals surface area contributed by atoms with E-state index in [1.807, 2.05) is 106 Å². The molecule has 0 bridgehead atoms. The van der Waals surface area contributed by atoms with Gasteiger partial charge < -0.3 is 49.6 Å². The summed E-state index contributed by atoms with van der Waals surface area (Å²) in [5, 5.41) is 15.6. The Morgan fingerprint density at radius 1 is 0.593 bits per heavy atom. The summed E-state index contributed by atoms with van der Waals surface area (Å²) in [6, 6.07) is 26.9. The van der Waals surface area contributed by atoms with Gasteiger partial charge in [-0.25, -0.2) is 9.59 Å². The molecule has 0 saturated carbocycles. The predicted molar refractivity (Wildman–Crippen MR) is 216 cm³/mol. The monoisotopic (exact) mass is 804 g/mol. The summed E-state index contributed by atoms with van der Waals surface area (Å²) in [5.41, 5.74) is 6.78. The van der Waals surface area contributed by atoms with Crippen LogP contribution in [0.25, 0.3) is 0 Å². The predicted octanol–water partition coefficient (Wildman–Crippen LogP) is 6.34. The number of rotatable bonds is 11. The number of benzene rings is 4. The van der Waals surface area contributed by atoms with Crippen LogP contribution < -0.4 is 24.8 Å². The number of hydrogen-bond donors (Lipinski definition) is 3. The van der Waals surface area contributed by atoms with E-state index in [0.717, 1.165) is 45.1 Å². The fourth-order valence-electron chi connectivity index (χ4n) is 6.59. The van der Waals surface area contributed by atoms with Crippen molar-refractivity contribution in [3.05, 3.63) is 118 Å². The quantitative estimate of drug-likeness (QED) is 0.161. The lowest BCUT2D eigenvalue weighted by Gasteiger charge is -2.26. The smallest absolute Gasteiger partial charge is 0.318 e. The number of urea groups is 2. The Morgan fingerprint density at radius 2 is 0.944 bits per heavy atom. The van der Waals surface area contributed by atoms with Crippen molar-refractivity contribution in [3.8, 4) is 23.0 Å². The lowest BCUT2D eigenvalue weighted by Crippen LogP contribution is -2.41. The number of phenols is 1. The van der Waals surface area contributed by atoms with Crippen LogP contribution in [0, 0.1) is 0 Å². The molecule has 0 fully saturated rings. The minimum absolute atomic E-state index is 0. The van der Waals surface area contributed by atoms with Gasteiger partial charge in [-0.1, -0.05) is 36.4 Å². The van der Waals surface area contributed by atoms with E-state index in [2.05, 4.69) is 20.4 Å². The van der Waals surface area contributed by atoms with Crippen LogP contribution in [0.5, 0.6) is 23.0 Å². The van der Waals surface area contributed by atoms with Gasteiger partial charge in [0.05, 0.1) is 33.4 Å². The molecule has 0 spiro atoms. The van der Waals surface area contributed by atoms with Gasteiger partial charge in [0.25, 0.3) is 0 Å². The topological polar surface area (TPSA) is 119 Å². The number of carbonyl (C=O) groups is 2. The lowest BCUT2D eigenvalue weighted by molar-refractivity contribution is 0.192. The summed E-state index contributed by atoms with van der Waals surface area (Å²) >= 11 is 0. The van der Waals surface area contributed by atoms with Gasteiger partial charge in [-0.2, -0.15) is 0 Å². The van der Waals surface area contributed by atoms with Crippen molar-refractivity contribution in [2.24, 2.45) is 0 Å². The van der Waals surface area contributed by atoms with Crippen molar-refractivity contribution in [2.45, 2.75) is 38.3 Å². The minimum Gasteiger partial charge on any atom is -0.508 e. The van der Waals surface area contributed by atoms with Crippen molar-refractivity contribution >= 4 is 29.0 Å². The number of aromatic hydroxyl groups is 1. The van der Waals surface area contributed by atoms with Gasteiger partial charge in [0.1, 0.15) is 23.0 Å². The molecule has 6 rings (SSSR count). The molecular formula is C41H53BrN6O6. The molecule has 2 unspecified atom stereocenters. The van der Waals surface area contributed by atoms with Gasteiger partial charge in [0, 0.05) is 39.3 Å². The van der Waals surface area contributed by atoms with Crippen molar-refractivity contribution in [1.82, 2.24) is 30.2 Å². The van der Waals surface area contributed by atoms with E-state index in [-0.39, 0.29) is 46.9 Å². The highest BCUT2D eigenvalue weighted by Gasteiger charge is 2.26. The average molecular weight is 806 g/mol. The third-order valence-electron chi connectivity index (χ3n) is 9.76. The first-order valence-corrected chi connectivity index (χ1v) is 17.6. The maximum Gasteiger partial charge on any atom is 0.318 e. The van der Waals surface area contributed by atoms with Gasteiger partial charge in [0.2, 0.25) is 0 Å². The van der Waals surface area contributed by atoms with Crippen LogP contribution in [0.3, 0.4) is 0 Å². The van der Waals surface area contributed by atoms with E-state index in [0.29, 0.717) is 39.3 Å². The van der Waals surface area contributed by atoms with Crippen LogP contribution in [0.15, 0.2) is 84.9 Å². The Bertz CT molecular complexity index is 1840. The molecule has 3 N–H and O–H groups in total. The number of methoxy groups -OCH3 is 3. The number of ether oxygens (including phenoxy) is 3. The number of fused-ring (bicyclic) bond motifs is 2. The highest BCUT2D eigenvalue weighted by molar-refractivity contribution is 8.93. The molecule has 2 atom stereocenters. The van der Waals surface area contributed by atoms with Gasteiger partial charge in [-0.15, -0.1) is 17.0 Å². The zero-order chi connectivity index (χ0) is 38.1. The third-order valence-corrected chi connectivity index (χ3v) is 9.76. The van der Waals surface area contributed by atoms with E-state index in [1.54, 1.807) is 38.4 Å². The van der Waals surface area contributed by atoms with E-state index in [4.69, 9.17) is 14.2 Å². The van der Waals surface area contributed by atoms with E-state index in [9.17, 15) is 14.7 Å². The summed E-state index contributed by atoms with van der Waals surface area (Å²) in [6.45, 7) is 3.45. The molecule has 2 aliphatic rings. The molecule has 0 aliphatic carbocycles. The summed E-state index contributed by atoms with van der Waals surface area (Å²) in [5.74, 6) is 2.69. The van der Waals surface area contributed by atoms with Crippen molar-refractivity contribution in [2.75, 3.05) is 62.6 Å². The second-order valence-corrected chi connectivity index (χ2v) is 13.7. The van der Waals surface area contributed by atoms with Crippen LogP contribution >= 0.6 is 17.0 Å². The maximum absolute atomic E-state index is 12.7. The molecule has 2 aliphatic heterocycles. The van der Waals surface area contributed by atoms with E-state index in [1.165, 1.54) is 5.56 Å². The number of amides is 4. The van der Waals surface area contributed by atoms with E-state index >= 15 is 0 Å². The Labute approximate surface area is 329 Å². The Kier molecular flexibility index (Phi) is 15.0. The lowest BCUT2D eigenvalue weighted by atomic mass is 10.1. The molecule has 0 radical (unpaired) electrons. The molecule has 2 heterocycles. The molecule has 12 nitrogen and oxygen atoms in total. The van der Waals surface area contributed by atoms with E-state index < -0.39 is 0 Å². The maximum atomic E-state index is 12.7. The Balaban J connectivity index is 0.000000236. The molecule has 0 saturated heterocycles. The van der Waals surface area contributed by atoms with Crippen LogP contribution in [-0.4, -0.2) is 99.4 Å². The Hall–Kier alpha value is -4.98. The minimum atomic E-state index is -0.0780. The second kappa shape index (κ2) is 19.4. The summed E-state index contributed by atoms with van der Waals surface area (Å²) in [7, 11) is 12.9. The van der Waals surface area contributed by atoms with Gasteiger partial charge >= 0.3 is 12.1 Å². The molecule has 54 heavy (non-hydrogen) atoms. The largest absolute Gasteiger partial charge is 0.508 e. The third kappa shape index (κ3) is 10.6. The molecule has 290 valence electrons. The number of likely N-dealkylation sites (N-methyl/N-ethyl adjacent to an activating group) is 2. The number of nitrogens with one attached hydrogen (secondary N) is 2. The van der Waals surface area contributed by atoms with Crippen LogP contribution in [0.4, 0.5) is 9.59 Å². The molecule has 13 heteroatoms. The normalized spacial score (nSPS) is 13.9.